The minimum absolute atomic E-state index is 0.679. The first-order valence-electron chi connectivity index (χ1n) is 6.14. The number of allylic oxidation sites excluding steroid dienone is 3. The van der Waals surface area contributed by atoms with E-state index in [1.807, 2.05) is 54.6 Å². The normalized spacial score (nSPS) is 10.8. The molecule has 0 aliphatic carbocycles. The van der Waals surface area contributed by atoms with Gasteiger partial charge in [0.2, 0.25) is 0 Å². The Labute approximate surface area is 114 Å². The van der Waals surface area contributed by atoms with E-state index in [-0.39, 0.29) is 0 Å². The van der Waals surface area contributed by atoms with Crippen LogP contribution in [0.4, 0.5) is 0 Å². The molecule has 2 aromatic rings. The van der Waals surface area contributed by atoms with Gasteiger partial charge in [-0.25, -0.2) is 0 Å². The van der Waals surface area contributed by atoms with Crippen molar-refractivity contribution in [1.29, 1.82) is 5.26 Å². The summed E-state index contributed by atoms with van der Waals surface area (Å²) in [5, 5.41) is 8.78. The van der Waals surface area contributed by atoms with Gasteiger partial charge >= 0.3 is 0 Å². The van der Waals surface area contributed by atoms with Crippen LogP contribution in [0.15, 0.2) is 67.3 Å². The van der Waals surface area contributed by atoms with Gasteiger partial charge in [0.1, 0.15) is 0 Å². The SMILES string of the molecule is C=C(/C=C(\C)c1ccc(C#N)cc1)c1ccccc1. The molecule has 1 heteroatoms. The molecule has 0 radical (unpaired) electrons. The van der Waals surface area contributed by atoms with Gasteiger partial charge in [-0.05, 0) is 41.3 Å². The lowest BCUT2D eigenvalue weighted by Crippen LogP contribution is -1.83. The van der Waals surface area contributed by atoms with Gasteiger partial charge in [0.15, 0.2) is 0 Å². The first-order valence-corrected chi connectivity index (χ1v) is 6.14. The Kier molecular flexibility index (Phi) is 3.95. The minimum atomic E-state index is 0.679. The van der Waals surface area contributed by atoms with Gasteiger partial charge in [0, 0.05) is 0 Å². The zero-order chi connectivity index (χ0) is 13.7. The van der Waals surface area contributed by atoms with Crippen molar-refractivity contribution < 1.29 is 0 Å². The molecular weight excluding hydrogens is 230 g/mol. The van der Waals surface area contributed by atoms with E-state index in [1.165, 1.54) is 0 Å². The highest BCUT2D eigenvalue weighted by molar-refractivity contribution is 5.82. The van der Waals surface area contributed by atoms with Gasteiger partial charge in [-0.3, -0.25) is 0 Å². The molecule has 0 bridgehead atoms. The molecule has 0 spiro atoms. The maximum atomic E-state index is 8.78. The zero-order valence-electron chi connectivity index (χ0n) is 10.9. The number of hydrogen-bond donors (Lipinski definition) is 0. The average molecular weight is 245 g/mol. The molecule has 0 fully saturated rings. The number of rotatable bonds is 3. The van der Waals surface area contributed by atoms with Crippen LogP contribution in [0.5, 0.6) is 0 Å². The lowest BCUT2D eigenvalue weighted by molar-refractivity contribution is 1.47. The van der Waals surface area contributed by atoms with E-state index in [1.54, 1.807) is 0 Å². The summed E-state index contributed by atoms with van der Waals surface area (Å²) in [5.41, 5.74) is 5.03. The number of nitrogens with zero attached hydrogens (tertiary/aromatic N) is 1. The van der Waals surface area contributed by atoms with Crippen molar-refractivity contribution in [3.8, 4) is 6.07 Å². The Morgan fingerprint density at radius 2 is 1.63 bits per heavy atom. The fraction of sp³-hybridized carbons (Fsp3) is 0.0556. The van der Waals surface area contributed by atoms with E-state index in [0.29, 0.717) is 5.56 Å². The smallest absolute Gasteiger partial charge is 0.0991 e. The molecule has 92 valence electrons. The molecule has 0 N–H and O–H groups in total. The Morgan fingerprint density at radius 1 is 1.00 bits per heavy atom. The molecule has 1 nitrogen and oxygen atoms in total. The predicted octanol–water partition coefficient (Wildman–Crippen LogP) is 4.67. The molecule has 0 saturated heterocycles. The van der Waals surface area contributed by atoms with Crippen molar-refractivity contribution in [3.63, 3.8) is 0 Å². The minimum Gasteiger partial charge on any atom is -0.192 e. The Balaban J connectivity index is 2.23. The highest BCUT2D eigenvalue weighted by atomic mass is 14.2. The van der Waals surface area contributed by atoms with Crippen LogP contribution in [0.25, 0.3) is 11.1 Å². The van der Waals surface area contributed by atoms with Crippen molar-refractivity contribution in [3.05, 3.63) is 83.9 Å². The topological polar surface area (TPSA) is 23.8 Å². The van der Waals surface area contributed by atoms with E-state index < -0.39 is 0 Å². The summed E-state index contributed by atoms with van der Waals surface area (Å²) in [6.45, 7) is 6.15. The van der Waals surface area contributed by atoms with Crippen molar-refractivity contribution in [2.75, 3.05) is 0 Å². The second-order valence-corrected chi connectivity index (χ2v) is 4.41. The molecule has 0 unspecified atom stereocenters. The first-order chi connectivity index (χ1) is 9.20. The number of hydrogen-bond acceptors (Lipinski definition) is 1. The van der Waals surface area contributed by atoms with Crippen molar-refractivity contribution in [2.45, 2.75) is 6.92 Å². The van der Waals surface area contributed by atoms with Crippen molar-refractivity contribution >= 4 is 11.1 Å². The van der Waals surface area contributed by atoms with Crippen LogP contribution in [-0.4, -0.2) is 0 Å². The molecule has 2 aromatic carbocycles. The Morgan fingerprint density at radius 3 is 2.21 bits per heavy atom. The third kappa shape index (κ3) is 3.20. The monoisotopic (exact) mass is 245 g/mol. The highest BCUT2D eigenvalue weighted by Gasteiger charge is 1.99. The van der Waals surface area contributed by atoms with Crippen LogP contribution in [-0.2, 0) is 0 Å². The van der Waals surface area contributed by atoms with Crippen molar-refractivity contribution in [2.24, 2.45) is 0 Å². The maximum absolute atomic E-state index is 8.78. The van der Waals surface area contributed by atoms with E-state index in [4.69, 9.17) is 5.26 Å². The second kappa shape index (κ2) is 5.84. The Bertz CT molecular complexity index is 640. The van der Waals surface area contributed by atoms with Gasteiger partial charge in [-0.15, -0.1) is 0 Å². The standard InChI is InChI=1S/C18H15N/c1-14(17-6-4-3-5-7-17)12-15(2)18-10-8-16(13-19)9-11-18/h3-12H,1H2,2H3/b15-12+. The molecule has 0 aliphatic rings. The maximum Gasteiger partial charge on any atom is 0.0991 e. The zero-order valence-corrected chi connectivity index (χ0v) is 10.9. The van der Waals surface area contributed by atoms with Gasteiger partial charge in [0.05, 0.1) is 11.6 Å². The summed E-state index contributed by atoms with van der Waals surface area (Å²) >= 11 is 0. The molecule has 0 amide bonds. The molecule has 2 rings (SSSR count). The molecular formula is C18H15N. The molecule has 19 heavy (non-hydrogen) atoms. The van der Waals surface area contributed by atoms with Crippen LogP contribution >= 0.6 is 0 Å². The van der Waals surface area contributed by atoms with E-state index >= 15 is 0 Å². The van der Waals surface area contributed by atoms with Crippen LogP contribution in [0.2, 0.25) is 0 Å². The lowest BCUT2D eigenvalue weighted by atomic mass is 10.0. The number of nitriles is 1. The van der Waals surface area contributed by atoms with Crippen LogP contribution in [0, 0.1) is 11.3 Å². The van der Waals surface area contributed by atoms with Crippen LogP contribution < -0.4 is 0 Å². The fourth-order valence-electron chi connectivity index (χ4n) is 1.89. The summed E-state index contributed by atoms with van der Waals surface area (Å²) in [5.74, 6) is 0. The highest BCUT2D eigenvalue weighted by Crippen LogP contribution is 2.21. The number of benzene rings is 2. The van der Waals surface area contributed by atoms with Gasteiger partial charge < -0.3 is 0 Å². The summed E-state index contributed by atoms with van der Waals surface area (Å²) in [6, 6.07) is 19.8. The van der Waals surface area contributed by atoms with Crippen LogP contribution in [0.1, 0.15) is 23.6 Å². The van der Waals surface area contributed by atoms with Gasteiger partial charge in [-0.2, -0.15) is 5.26 Å². The van der Waals surface area contributed by atoms with Crippen molar-refractivity contribution in [1.82, 2.24) is 0 Å². The average Bonchev–Trinajstić information content (AvgIpc) is 2.48. The molecule has 0 saturated carbocycles. The second-order valence-electron chi connectivity index (χ2n) is 4.41. The summed E-state index contributed by atoms with van der Waals surface area (Å²) in [4.78, 5) is 0. The summed E-state index contributed by atoms with van der Waals surface area (Å²) in [7, 11) is 0. The molecule has 0 atom stereocenters. The third-order valence-corrected chi connectivity index (χ3v) is 3.00. The van der Waals surface area contributed by atoms with E-state index in [9.17, 15) is 0 Å². The molecule has 0 aromatic heterocycles. The first kappa shape index (κ1) is 12.9. The molecule has 0 heterocycles. The van der Waals surface area contributed by atoms with Gasteiger partial charge in [0.25, 0.3) is 0 Å². The fourth-order valence-corrected chi connectivity index (χ4v) is 1.89. The lowest BCUT2D eigenvalue weighted by Gasteiger charge is -2.05. The largest absolute Gasteiger partial charge is 0.192 e. The van der Waals surface area contributed by atoms with E-state index in [2.05, 4.69) is 25.6 Å². The predicted molar refractivity (Wildman–Crippen MR) is 80.3 cm³/mol. The Hall–Kier alpha value is -2.59. The summed E-state index contributed by atoms with van der Waals surface area (Å²) in [6.07, 6.45) is 2.07. The quantitative estimate of drug-likeness (QED) is 0.720. The third-order valence-electron chi connectivity index (χ3n) is 3.00. The van der Waals surface area contributed by atoms with Gasteiger partial charge in [-0.1, -0.05) is 55.1 Å². The van der Waals surface area contributed by atoms with Crippen LogP contribution in [0.3, 0.4) is 0 Å². The molecule has 0 aliphatic heterocycles. The van der Waals surface area contributed by atoms with E-state index in [0.717, 1.165) is 22.3 Å². The summed E-state index contributed by atoms with van der Waals surface area (Å²) < 4.78 is 0.